The monoisotopic (exact) mass is 373 g/mol. The predicted octanol–water partition coefficient (Wildman–Crippen LogP) is 3.66. The second-order valence-electron chi connectivity index (χ2n) is 7.32. The number of hydrogen-bond acceptors (Lipinski definition) is 5. The van der Waals surface area contributed by atoms with Gasteiger partial charge in [-0.3, -0.25) is 4.90 Å². The van der Waals surface area contributed by atoms with Crippen LogP contribution in [0.2, 0.25) is 0 Å². The molecule has 26 heavy (non-hydrogen) atoms. The third kappa shape index (κ3) is 5.55. The maximum absolute atomic E-state index is 6.37. The molecule has 1 aliphatic heterocycles. The van der Waals surface area contributed by atoms with Gasteiger partial charge in [0, 0.05) is 43.0 Å². The van der Waals surface area contributed by atoms with Gasteiger partial charge in [-0.1, -0.05) is 18.2 Å². The van der Waals surface area contributed by atoms with Crippen LogP contribution in [0, 0.1) is 0 Å². The van der Waals surface area contributed by atoms with Gasteiger partial charge in [0.1, 0.15) is 11.9 Å². The first-order valence-electron chi connectivity index (χ1n) is 9.56. The lowest BCUT2D eigenvalue weighted by Crippen LogP contribution is -2.53. The average molecular weight is 374 g/mol. The van der Waals surface area contributed by atoms with Crippen LogP contribution in [0.5, 0.6) is 5.75 Å². The third-order valence-corrected chi connectivity index (χ3v) is 5.70. The van der Waals surface area contributed by atoms with Crippen LogP contribution in [0.3, 0.4) is 0 Å². The van der Waals surface area contributed by atoms with Crippen molar-refractivity contribution < 1.29 is 4.74 Å². The number of thiophene rings is 1. The number of nitrogens with zero attached hydrogens (tertiary/aromatic N) is 1. The molecule has 5 heteroatoms. The molecule has 1 saturated heterocycles. The largest absolute Gasteiger partial charge is 0.485 e. The maximum atomic E-state index is 6.37. The van der Waals surface area contributed by atoms with Crippen LogP contribution in [0.1, 0.15) is 36.8 Å². The summed E-state index contributed by atoms with van der Waals surface area (Å²) in [5.74, 6) is 0.966. The Morgan fingerprint density at radius 3 is 2.73 bits per heavy atom. The second-order valence-corrected chi connectivity index (χ2v) is 8.30. The van der Waals surface area contributed by atoms with Crippen molar-refractivity contribution in [2.75, 3.05) is 26.7 Å². The van der Waals surface area contributed by atoms with Crippen molar-refractivity contribution in [3.63, 3.8) is 0 Å². The summed E-state index contributed by atoms with van der Waals surface area (Å²) in [6.45, 7) is 8.63. The molecule has 2 heterocycles. The van der Waals surface area contributed by atoms with Gasteiger partial charge < -0.3 is 15.4 Å². The highest BCUT2D eigenvalue weighted by atomic mass is 32.1. The molecule has 0 aliphatic carbocycles. The molecule has 2 aromatic rings. The van der Waals surface area contributed by atoms with E-state index in [0.29, 0.717) is 12.1 Å². The topological polar surface area (TPSA) is 36.5 Å². The number of benzene rings is 1. The highest BCUT2D eigenvalue weighted by molar-refractivity contribution is 7.10. The summed E-state index contributed by atoms with van der Waals surface area (Å²) in [7, 11) is 1.99. The third-order valence-electron chi connectivity index (χ3n) is 4.73. The molecule has 0 saturated carbocycles. The summed E-state index contributed by atoms with van der Waals surface area (Å²) in [6.07, 6.45) is 1.07. The average Bonchev–Trinajstić information content (AvgIpc) is 3.12. The molecule has 0 radical (unpaired) electrons. The van der Waals surface area contributed by atoms with Crippen LogP contribution in [0.25, 0.3) is 0 Å². The zero-order valence-corrected chi connectivity index (χ0v) is 16.9. The highest BCUT2D eigenvalue weighted by Crippen LogP contribution is 2.28. The summed E-state index contributed by atoms with van der Waals surface area (Å²) < 4.78 is 6.37. The van der Waals surface area contributed by atoms with E-state index in [9.17, 15) is 0 Å². The SMILES string of the molecule is CNCCC(Oc1cccc(CN2C[C@@H](C)N[C@@H](C)C2)c1)c1cccs1. The van der Waals surface area contributed by atoms with Gasteiger partial charge in [0.2, 0.25) is 0 Å². The number of piperazine rings is 1. The van der Waals surface area contributed by atoms with Crippen molar-refractivity contribution in [1.29, 1.82) is 0 Å². The highest BCUT2D eigenvalue weighted by Gasteiger charge is 2.21. The minimum absolute atomic E-state index is 0.108. The summed E-state index contributed by atoms with van der Waals surface area (Å²) in [6, 6.07) is 14.0. The molecule has 3 rings (SSSR count). The van der Waals surface area contributed by atoms with Crippen molar-refractivity contribution in [3.05, 3.63) is 52.2 Å². The van der Waals surface area contributed by atoms with E-state index in [2.05, 4.69) is 71.2 Å². The van der Waals surface area contributed by atoms with E-state index in [-0.39, 0.29) is 6.10 Å². The minimum Gasteiger partial charge on any atom is -0.485 e. The van der Waals surface area contributed by atoms with E-state index in [0.717, 1.165) is 38.3 Å². The molecule has 1 unspecified atom stereocenters. The molecule has 1 fully saturated rings. The van der Waals surface area contributed by atoms with Crippen molar-refractivity contribution in [3.8, 4) is 5.75 Å². The number of nitrogens with one attached hydrogen (secondary N) is 2. The standard InChI is InChI=1S/C21H31N3OS/c1-16-13-24(14-17(2)23-16)15-18-6-4-7-19(12-18)25-20(9-10-22-3)21-8-5-11-26-21/h4-8,11-12,16-17,20,22-23H,9-10,13-15H2,1-3H3/t16-,17+,20?. The summed E-state index contributed by atoms with van der Waals surface area (Å²) in [4.78, 5) is 3.82. The minimum atomic E-state index is 0.108. The second kappa shape index (κ2) is 9.51. The van der Waals surface area contributed by atoms with Gasteiger partial charge in [-0.2, -0.15) is 0 Å². The lowest BCUT2D eigenvalue weighted by atomic mass is 10.1. The van der Waals surface area contributed by atoms with Gasteiger partial charge in [0.05, 0.1) is 0 Å². The van der Waals surface area contributed by atoms with Crippen molar-refractivity contribution in [2.45, 2.75) is 45.0 Å². The first kappa shape index (κ1) is 19.4. The quantitative estimate of drug-likeness (QED) is 0.740. The lowest BCUT2D eigenvalue weighted by molar-refractivity contribution is 0.166. The van der Waals surface area contributed by atoms with Gasteiger partial charge in [-0.05, 0) is 56.6 Å². The summed E-state index contributed by atoms with van der Waals surface area (Å²) in [5.41, 5.74) is 1.32. The Morgan fingerprint density at radius 1 is 1.23 bits per heavy atom. The van der Waals surface area contributed by atoms with Gasteiger partial charge in [-0.15, -0.1) is 11.3 Å². The van der Waals surface area contributed by atoms with E-state index in [4.69, 9.17) is 4.74 Å². The zero-order chi connectivity index (χ0) is 18.4. The molecular weight excluding hydrogens is 342 g/mol. The maximum Gasteiger partial charge on any atom is 0.134 e. The Balaban J connectivity index is 1.66. The normalized spacial score (nSPS) is 22.3. The zero-order valence-electron chi connectivity index (χ0n) is 16.1. The first-order valence-corrected chi connectivity index (χ1v) is 10.4. The molecule has 0 bridgehead atoms. The van der Waals surface area contributed by atoms with Crippen molar-refractivity contribution in [2.24, 2.45) is 0 Å². The van der Waals surface area contributed by atoms with Gasteiger partial charge in [0.25, 0.3) is 0 Å². The van der Waals surface area contributed by atoms with Crippen LogP contribution < -0.4 is 15.4 Å². The molecule has 0 amide bonds. The van der Waals surface area contributed by atoms with E-state index in [1.165, 1.54) is 10.4 Å². The van der Waals surface area contributed by atoms with Gasteiger partial charge in [-0.25, -0.2) is 0 Å². The first-order chi connectivity index (χ1) is 12.6. The molecule has 142 valence electrons. The molecule has 0 spiro atoms. The van der Waals surface area contributed by atoms with Crippen LogP contribution >= 0.6 is 11.3 Å². The molecule has 1 aromatic heterocycles. The smallest absolute Gasteiger partial charge is 0.134 e. The predicted molar refractivity (Wildman–Crippen MR) is 110 cm³/mol. The Labute approximate surface area is 161 Å². The van der Waals surface area contributed by atoms with E-state index in [1.807, 2.05) is 7.05 Å². The molecular formula is C21H31N3OS. The fourth-order valence-corrected chi connectivity index (χ4v) is 4.51. The van der Waals surface area contributed by atoms with Crippen LogP contribution in [-0.2, 0) is 6.54 Å². The van der Waals surface area contributed by atoms with Crippen LogP contribution in [0.15, 0.2) is 41.8 Å². The molecule has 3 atom stereocenters. The molecule has 2 N–H and O–H groups in total. The number of hydrogen-bond donors (Lipinski definition) is 2. The Kier molecular flexibility index (Phi) is 7.08. The van der Waals surface area contributed by atoms with Crippen LogP contribution in [-0.4, -0.2) is 43.7 Å². The molecule has 1 aromatic carbocycles. The fourth-order valence-electron chi connectivity index (χ4n) is 3.72. The Bertz CT molecular complexity index is 651. The number of rotatable bonds is 8. The van der Waals surface area contributed by atoms with Crippen molar-refractivity contribution >= 4 is 11.3 Å². The van der Waals surface area contributed by atoms with Crippen LogP contribution in [0.4, 0.5) is 0 Å². The Morgan fingerprint density at radius 2 is 2.04 bits per heavy atom. The summed E-state index contributed by atoms with van der Waals surface area (Å²) in [5, 5.41) is 8.95. The molecule has 1 aliphatic rings. The fraction of sp³-hybridized carbons (Fsp3) is 0.524. The van der Waals surface area contributed by atoms with E-state index < -0.39 is 0 Å². The van der Waals surface area contributed by atoms with E-state index in [1.54, 1.807) is 11.3 Å². The summed E-state index contributed by atoms with van der Waals surface area (Å²) >= 11 is 1.77. The molecule has 4 nitrogen and oxygen atoms in total. The van der Waals surface area contributed by atoms with E-state index >= 15 is 0 Å². The number of ether oxygens (including phenoxy) is 1. The van der Waals surface area contributed by atoms with Crippen molar-refractivity contribution in [1.82, 2.24) is 15.5 Å². The van der Waals surface area contributed by atoms with Gasteiger partial charge >= 0.3 is 0 Å². The Hall–Kier alpha value is -1.40. The lowest BCUT2D eigenvalue weighted by Gasteiger charge is -2.36. The van der Waals surface area contributed by atoms with Gasteiger partial charge in [0.15, 0.2) is 0 Å².